The summed E-state index contributed by atoms with van der Waals surface area (Å²) in [5.41, 5.74) is -0.133. The monoisotopic (exact) mass is 208 g/mol. The van der Waals surface area contributed by atoms with Crippen LogP contribution in [0.1, 0.15) is 10.4 Å². The molecule has 0 unspecified atom stereocenters. The Morgan fingerprint density at radius 3 is 2.08 bits per heavy atom. The summed E-state index contributed by atoms with van der Waals surface area (Å²) in [4.78, 5) is 10.4. The molecule has 0 aliphatic carbocycles. The number of benzene rings is 1. The second-order valence-electron chi connectivity index (χ2n) is 2.06. The minimum Gasteiger partial charge on any atom is -0.478 e. The van der Waals surface area contributed by atoms with Crippen molar-refractivity contribution < 1.29 is 14.3 Å². The van der Waals surface area contributed by atoms with Gasteiger partial charge in [-0.1, -0.05) is 23.2 Å². The molecule has 1 aromatic rings. The maximum Gasteiger partial charge on any atom is 0.335 e. The second-order valence-corrected chi connectivity index (χ2v) is 2.87. The average molecular weight is 209 g/mol. The Labute approximate surface area is 77.5 Å². The van der Waals surface area contributed by atoms with Crippen molar-refractivity contribution in [3.05, 3.63) is 33.6 Å². The van der Waals surface area contributed by atoms with E-state index in [1.807, 2.05) is 0 Å². The van der Waals surface area contributed by atoms with E-state index in [-0.39, 0.29) is 15.6 Å². The molecule has 0 saturated carbocycles. The average Bonchev–Trinajstić information content (AvgIpc) is 1.99. The first kappa shape index (κ1) is 9.29. The van der Waals surface area contributed by atoms with Crippen LogP contribution in [0.3, 0.4) is 0 Å². The van der Waals surface area contributed by atoms with Crippen LogP contribution in [0.2, 0.25) is 10.0 Å². The topological polar surface area (TPSA) is 37.3 Å². The Bertz CT molecular complexity index is 315. The molecule has 0 aliphatic heterocycles. The van der Waals surface area contributed by atoms with Crippen LogP contribution >= 0.6 is 23.2 Å². The first-order valence-corrected chi connectivity index (χ1v) is 3.66. The molecule has 0 aliphatic rings. The summed E-state index contributed by atoms with van der Waals surface area (Å²) in [6.45, 7) is 0. The smallest absolute Gasteiger partial charge is 0.335 e. The van der Waals surface area contributed by atoms with E-state index in [1.54, 1.807) is 0 Å². The number of carboxylic acid groups (broad SMARTS) is 1. The van der Waals surface area contributed by atoms with E-state index in [2.05, 4.69) is 0 Å². The second kappa shape index (κ2) is 3.29. The molecule has 0 saturated heterocycles. The predicted molar refractivity (Wildman–Crippen MR) is 43.4 cm³/mol. The van der Waals surface area contributed by atoms with E-state index in [4.69, 9.17) is 28.3 Å². The molecule has 1 rings (SSSR count). The minimum absolute atomic E-state index is 0.133. The van der Waals surface area contributed by atoms with E-state index in [1.165, 1.54) is 0 Å². The molecule has 0 heterocycles. The van der Waals surface area contributed by atoms with Crippen LogP contribution in [0.25, 0.3) is 0 Å². The molecule has 0 spiro atoms. The highest BCUT2D eigenvalue weighted by Crippen LogP contribution is 2.24. The van der Waals surface area contributed by atoms with Gasteiger partial charge in [-0.3, -0.25) is 0 Å². The number of hydrogen-bond acceptors (Lipinski definition) is 1. The first-order valence-electron chi connectivity index (χ1n) is 2.90. The molecule has 0 fully saturated rings. The first-order chi connectivity index (χ1) is 5.52. The van der Waals surface area contributed by atoms with Gasteiger partial charge in [0.2, 0.25) is 0 Å². The molecule has 0 amide bonds. The summed E-state index contributed by atoms with van der Waals surface area (Å²) >= 11 is 10.7. The van der Waals surface area contributed by atoms with Crippen LogP contribution < -0.4 is 0 Å². The fraction of sp³-hybridized carbons (Fsp3) is 0. The Morgan fingerprint density at radius 1 is 1.33 bits per heavy atom. The highest BCUT2D eigenvalue weighted by Gasteiger charge is 2.11. The van der Waals surface area contributed by atoms with Crippen LogP contribution in [0.15, 0.2) is 12.1 Å². The summed E-state index contributed by atoms with van der Waals surface area (Å²) in [6.07, 6.45) is 0. The highest BCUT2D eigenvalue weighted by atomic mass is 35.5. The van der Waals surface area contributed by atoms with E-state index < -0.39 is 11.8 Å². The lowest BCUT2D eigenvalue weighted by atomic mass is 10.2. The third-order valence-corrected chi connectivity index (χ3v) is 1.78. The summed E-state index contributed by atoms with van der Waals surface area (Å²) < 4.78 is 12.7. The predicted octanol–water partition coefficient (Wildman–Crippen LogP) is 2.83. The molecule has 0 bridgehead atoms. The van der Waals surface area contributed by atoms with Crippen molar-refractivity contribution >= 4 is 29.2 Å². The molecule has 12 heavy (non-hydrogen) atoms. The van der Waals surface area contributed by atoms with Crippen molar-refractivity contribution in [1.29, 1.82) is 0 Å². The van der Waals surface area contributed by atoms with Gasteiger partial charge in [0.1, 0.15) is 0 Å². The zero-order valence-electron chi connectivity index (χ0n) is 5.64. The van der Waals surface area contributed by atoms with Crippen molar-refractivity contribution in [3.8, 4) is 0 Å². The molecule has 0 aromatic heterocycles. The lowest BCUT2D eigenvalue weighted by Crippen LogP contribution is -1.96. The molecule has 5 heteroatoms. The Hall–Kier alpha value is -0.800. The normalized spacial score (nSPS) is 9.92. The molecule has 64 valence electrons. The zero-order valence-corrected chi connectivity index (χ0v) is 7.16. The fourth-order valence-electron chi connectivity index (χ4n) is 0.679. The van der Waals surface area contributed by atoms with Crippen LogP contribution in [-0.2, 0) is 0 Å². The summed E-state index contributed by atoms with van der Waals surface area (Å²) in [5, 5.41) is 7.90. The van der Waals surface area contributed by atoms with Gasteiger partial charge in [-0.25, -0.2) is 9.18 Å². The standard InChI is InChI=1S/C7H3Cl2FO2/c8-4-1-3(7(11)12)2-5(9)6(4)10/h1-2H,(H,11,12). The van der Waals surface area contributed by atoms with Crippen molar-refractivity contribution in [3.63, 3.8) is 0 Å². The summed E-state index contributed by atoms with van der Waals surface area (Å²) in [7, 11) is 0. The number of rotatable bonds is 1. The number of hydrogen-bond donors (Lipinski definition) is 1. The van der Waals surface area contributed by atoms with Gasteiger partial charge in [0, 0.05) is 0 Å². The molecule has 1 aromatic carbocycles. The Balaban J connectivity index is 3.31. The minimum atomic E-state index is -1.20. The van der Waals surface area contributed by atoms with Crippen molar-refractivity contribution in [2.24, 2.45) is 0 Å². The van der Waals surface area contributed by atoms with Crippen LogP contribution in [0, 0.1) is 5.82 Å². The lowest BCUT2D eigenvalue weighted by molar-refractivity contribution is 0.0697. The van der Waals surface area contributed by atoms with Gasteiger partial charge < -0.3 is 5.11 Å². The molecule has 1 N–H and O–H groups in total. The largest absolute Gasteiger partial charge is 0.478 e. The maximum atomic E-state index is 12.7. The van der Waals surface area contributed by atoms with Gasteiger partial charge in [0.05, 0.1) is 15.6 Å². The van der Waals surface area contributed by atoms with Gasteiger partial charge >= 0.3 is 5.97 Å². The SMILES string of the molecule is O=C(O)c1cc(Cl)c(F)c(Cl)c1. The van der Waals surface area contributed by atoms with Crippen molar-refractivity contribution in [1.82, 2.24) is 0 Å². The Kier molecular flexibility index (Phi) is 2.55. The fourth-order valence-corrected chi connectivity index (χ4v) is 1.17. The van der Waals surface area contributed by atoms with Crippen LogP contribution in [0.4, 0.5) is 4.39 Å². The van der Waals surface area contributed by atoms with Crippen molar-refractivity contribution in [2.75, 3.05) is 0 Å². The van der Waals surface area contributed by atoms with E-state index in [9.17, 15) is 9.18 Å². The maximum absolute atomic E-state index is 12.7. The third-order valence-electron chi connectivity index (χ3n) is 1.23. The number of halogens is 3. The van der Waals surface area contributed by atoms with Crippen molar-refractivity contribution in [2.45, 2.75) is 0 Å². The number of carboxylic acids is 1. The number of carbonyl (C=O) groups is 1. The van der Waals surface area contributed by atoms with E-state index in [0.717, 1.165) is 12.1 Å². The van der Waals surface area contributed by atoms with Gasteiger partial charge in [-0.15, -0.1) is 0 Å². The molecular weight excluding hydrogens is 206 g/mol. The van der Waals surface area contributed by atoms with Crippen LogP contribution in [0.5, 0.6) is 0 Å². The number of aromatic carboxylic acids is 1. The third kappa shape index (κ3) is 1.68. The van der Waals surface area contributed by atoms with Crippen LogP contribution in [-0.4, -0.2) is 11.1 Å². The molecular formula is C7H3Cl2FO2. The van der Waals surface area contributed by atoms with E-state index >= 15 is 0 Å². The quantitative estimate of drug-likeness (QED) is 0.722. The van der Waals surface area contributed by atoms with E-state index in [0.29, 0.717) is 0 Å². The molecule has 0 radical (unpaired) electrons. The highest BCUT2D eigenvalue weighted by molar-refractivity contribution is 6.35. The van der Waals surface area contributed by atoms with Gasteiger partial charge in [0.15, 0.2) is 5.82 Å². The summed E-state index contributed by atoms with van der Waals surface area (Å²) in [6, 6.07) is 2.01. The summed E-state index contributed by atoms with van der Waals surface area (Å²) in [5.74, 6) is -2.00. The zero-order chi connectivity index (χ0) is 9.30. The molecule has 0 atom stereocenters. The van der Waals surface area contributed by atoms with Gasteiger partial charge in [-0.2, -0.15) is 0 Å². The molecule has 2 nitrogen and oxygen atoms in total. The van der Waals surface area contributed by atoms with Gasteiger partial charge in [0.25, 0.3) is 0 Å². The Morgan fingerprint density at radius 2 is 1.75 bits per heavy atom. The van der Waals surface area contributed by atoms with Gasteiger partial charge in [-0.05, 0) is 12.1 Å². The lowest BCUT2D eigenvalue weighted by Gasteiger charge is -1.99.